The summed E-state index contributed by atoms with van der Waals surface area (Å²) < 4.78 is 7.53. The minimum absolute atomic E-state index is 0.0650. The topological polar surface area (TPSA) is 69.6 Å². The fourth-order valence-electron chi connectivity index (χ4n) is 2.97. The van der Waals surface area contributed by atoms with Gasteiger partial charge < -0.3 is 4.52 Å². The SMILES string of the molecule is CC(C)c1noc(C(C)Sc2nnc(Cc3ccccc3)n2-c2ccc(Cl)cc2)n1. The highest BCUT2D eigenvalue weighted by atomic mass is 35.5. The van der Waals surface area contributed by atoms with Crippen molar-refractivity contribution in [3.8, 4) is 5.69 Å². The molecule has 0 bridgehead atoms. The fourth-order valence-corrected chi connectivity index (χ4v) is 4.02. The summed E-state index contributed by atoms with van der Waals surface area (Å²) in [5.74, 6) is 2.36. The van der Waals surface area contributed by atoms with Crippen LogP contribution in [0.4, 0.5) is 0 Å². The first-order chi connectivity index (χ1) is 14.5. The molecule has 2 aromatic carbocycles. The second-order valence-corrected chi connectivity index (χ2v) is 9.02. The molecule has 1 unspecified atom stereocenters. The third kappa shape index (κ3) is 4.57. The fraction of sp³-hybridized carbons (Fsp3) is 0.273. The van der Waals surface area contributed by atoms with Crippen molar-refractivity contribution in [3.63, 3.8) is 0 Å². The van der Waals surface area contributed by atoms with Crippen molar-refractivity contribution in [2.75, 3.05) is 0 Å². The van der Waals surface area contributed by atoms with E-state index in [0.29, 0.717) is 23.2 Å². The Morgan fingerprint density at radius 2 is 1.73 bits per heavy atom. The molecular weight excluding hydrogens is 418 g/mol. The lowest BCUT2D eigenvalue weighted by Gasteiger charge is -2.12. The smallest absolute Gasteiger partial charge is 0.239 e. The van der Waals surface area contributed by atoms with Gasteiger partial charge in [0.05, 0.1) is 5.25 Å². The molecule has 1 atom stereocenters. The van der Waals surface area contributed by atoms with Crippen LogP contribution in [0.5, 0.6) is 0 Å². The monoisotopic (exact) mass is 439 g/mol. The lowest BCUT2D eigenvalue weighted by atomic mass is 10.1. The van der Waals surface area contributed by atoms with Gasteiger partial charge in [0.1, 0.15) is 5.82 Å². The van der Waals surface area contributed by atoms with Crippen LogP contribution in [0.1, 0.15) is 55.0 Å². The van der Waals surface area contributed by atoms with Crippen molar-refractivity contribution >= 4 is 23.4 Å². The zero-order valence-electron chi connectivity index (χ0n) is 17.0. The normalized spacial score (nSPS) is 12.4. The van der Waals surface area contributed by atoms with E-state index in [4.69, 9.17) is 16.1 Å². The lowest BCUT2D eigenvalue weighted by molar-refractivity contribution is 0.373. The van der Waals surface area contributed by atoms with E-state index in [1.165, 1.54) is 17.3 Å². The molecule has 0 amide bonds. The van der Waals surface area contributed by atoms with Crippen molar-refractivity contribution < 1.29 is 4.52 Å². The molecule has 0 spiro atoms. The minimum Gasteiger partial charge on any atom is -0.338 e. The van der Waals surface area contributed by atoms with Crippen molar-refractivity contribution in [3.05, 3.63) is 82.7 Å². The van der Waals surface area contributed by atoms with E-state index < -0.39 is 0 Å². The molecule has 4 rings (SSSR count). The Morgan fingerprint density at radius 1 is 1.00 bits per heavy atom. The van der Waals surface area contributed by atoms with Crippen molar-refractivity contribution in [2.45, 2.75) is 43.5 Å². The van der Waals surface area contributed by atoms with Gasteiger partial charge in [0.25, 0.3) is 0 Å². The molecule has 0 saturated heterocycles. The number of hydrogen-bond donors (Lipinski definition) is 0. The van der Waals surface area contributed by atoms with Crippen LogP contribution in [0.2, 0.25) is 5.02 Å². The van der Waals surface area contributed by atoms with Crippen molar-refractivity contribution in [1.82, 2.24) is 24.9 Å². The average Bonchev–Trinajstić information content (AvgIpc) is 3.38. The van der Waals surface area contributed by atoms with E-state index in [1.807, 2.05) is 63.2 Å². The van der Waals surface area contributed by atoms with Crippen molar-refractivity contribution in [1.29, 1.82) is 0 Å². The van der Waals surface area contributed by atoms with Crippen molar-refractivity contribution in [2.24, 2.45) is 0 Å². The molecule has 8 heteroatoms. The maximum Gasteiger partial charge on any atom is 0.239 e. The largest absolute Gasteiger partial charge is 0.338 e. The standard InChI is InChI=1S/C22H22ClN5OS/c1-14(2)20-24-21(29-27-20)15(3)30-22-26-25-19(13-16-7-5-4-6-8-16)28(22)18-11-9-17(23)10-12-18/h4-12,14-15H,13H2,1-3H3. The third-order valence-corrected chi connectivity index (χ3v) is 5.88. The van der Waals surface area contributed by atoms with Crippen LogP contribution in [0.15, 0.2) is 64.3 Å². The number of thioether (sulfide) groups is 1. The Morgan fingerprint density at radius 3 is 2.40 bits per heavy atom. The lowest BCUT2D eigenvalue weighted by Crippen LogP contribution is -2.04. The molecular formula is C22H22ClN5OS. The number of aromatic nitrogens is 5. The summed E-state index contributed by atoms with van der Waals surface area (Å²) >= 11 is 7.64. The number of nitrogens with zero attached hydrogens (tertiary/aromatic N) is 5. The van der Waals surface area contributed by atoms with Crippen LogP contribution in [0.25, 0.3) is 5.69 Å². The predicted molar refractivity (Wildman–Crippen MR) is 118 cm³/mol. The number of hydrogen-bond acceptors (Lipinski definition) is 6. The second kappa shape index (κ2) is 9.02. The van der Waals surface area contributed by atoms with E-state index in [9.17, 15) is 0 Å². The summed E-state index contributed by atoms with van der Waals surface area (Å²) in [7, 11) is 0. The molecule has 0 aliphatic carbocycles. The Bertz CT molecular complexity index is 1110. The van der Waals surface area contributed by atoms with E-state index in [0.717, 1.165) is 16.7 Å². The predicted octanol–water partition coefficient (Wildman–Crippen LogP) is 5.87. The van der Waals surface area contributed by atoms with E-state index in [1.54, 1.807) is 0 Å². The highest BCUT2D eigenvalue weighted by Gasteiger charge is 2.22. The van der Waals surface area contributed by atoms with Gasteiger partial charge in [0.2, 0.25) is 5.89 Å². The van der Waals surface area contributed by atoms with Gasteiger partial charge in [-0.25, -0.2) is 0 Å². The van der Waals surface area contributed by atoms with Gasteiger partial charge in [0.15, 0.2) is 11.0 Å². The first kappa shape index (κ1) is 20.6. The Kier molecular flexibility index (Phi) is 6.20. The molecule has 0 radical (unpaired) electrons. The van der Waals surface area contributed by atoms with Gasteiger partial charge in [-0.05, 0) is 36.8 Å². The summed E-state index contributed by atoms with van der Waals surface area (Å²) in [5.41, 5.74) is 2.13. The number of benzene rings is 2. The second-order valence-electron chi connectivity index (χ2n) is 7.28. The molecule has 0 saturated carbocycles. The highest BCUT2D eigenvalue weighted by molar-refractivity contribution is 7.99. The third-order valence-electron chi connectivity index (χ3n) is 4.59. The zero-order chi connectivity index (χ0) is 21.1. The molecule has 0 N–H and O–H groups in total. The molecule has 154 valence electrons. The van der Waals surface area contributed by atoms with Gasteiger partial charge in [0, 0.05) is 23.0 Å². The molecule has 0 fully saturated rings. The van der Waals surface area contributed by atoms with E-state index in [2.05, 4.69) is 37.0 Å². The Balaban J connectivity index is 1.67. The van der Waals surface area contributed by atoms with Gasteiger partial charge in [-0.15, -0.1) is 10.2 Å². The minimum atomic E-state index is -0.0650. The van der Waals surface area contributed by atoms with Crippen LogP contribution in [0, 0.1) is 0 Å². The molecule has 6 nitrogen and oxygen atoms in total. The molecule has 2 heterocycles. The average molecular weight is 440 g/mol. The van der Waals surface area contributed by atoms with Gasteiger partial charge in [-0.1, -0.05) is 72.7 Å². The van der Waals surface area contributed by atoms with Gasteiger partial charge in [-0.3, -0.25) is 4.57 Å². The molecule has 2 aromatic heterocycles. The van der Waals surface area contributed by atoms with E-state index in [-0.39, 0.29) is 11.2 Å². The first-order valence-corrected chi connectivity index (χ1v) is 11.0. The maximum atomic E-state index is 6.10. The van der Waals surface area contributed by atoms with E-state index >= 15 is 0 Å². The van der Waals surface area contributed by atoms with Crippen LogP contribution >= 0.6 is 23.4 Å². The summed E-state index contributed by atoms with van der Waals surface area (Å²) in [6.45, 7) is 6.11. The zero-order valence-corrected chi connectivity index (χ0v) is 18.6. The summed E-state index contributed by atoms with van der Waals surface area (Å²) in [6, 6.07) is 17.9. The highest BCUT2D eigenvalue weighted by Crippen LogP contribution is 2.35. The van der Waals surface area contributed by atoms with Gasteiger partial charge >= 0.3 is 0 Å². The number of halogens is 1. The molecule has 0 aliphatic heterocycles. The first-order valence-electron chi connectivity index (χ1n) is 9.75. The van der Waals surface area contributed by atoms with Crippen LogP contribution < -0.4 is 0 Å². The Hall–Kier alpha value is -2.64. The van der Waals surface area contributed by atoms with Crippen LogP contribution in [-0.4, -0.2) is 24.9 Å². The number of rotatable bonds is 7. The molecule has 4 aromatic rings. The summed E-state index contributed by atoms with van der Waals surface area (Å²) in [5, 5.41) is 14.4. The Labute approximate surface area is 184 Å². The summed E-state index contributed by atoms with van der Waals surface area (Å²) in [6.07, 6.45) is 0.670. The summed E-state index contributed by atoms with van der Waals surface area (Å²) in [4.78, 5) is 4.52. The quantitative estimate of drug-likeness (QED) is 0.335. The van der Waals surface area contributed by atoms with Crippen LogP contribution in [-0.2, 0) is 6.42 Å². The van der Waals surface area contributed by atoms with Gasteiger partial charge in [-0.2, -0.15) is 4.98 Å². The molecule has 0 aliphatic rings. The molecule has 30 heavy (non-hydrogen) atoms. The maximum absolute atomic E-state index is 6.10. The van der Waals surface area contributed by atoms with Crippen LogP contribution in [0.3, 0.4) is 0 Å².